The molecular formula is C21H20O2SSn. The van der Waals surface area contributed by atoms with Crippen molar-refractivity contribution >= 4 is 42.6 Å². The van der Waals surface area contributed by atoms with Crippen LogP contribution in [0.3, 0.4) is 0 Å². The number of methoxy groups -OCH3 is 1. The molecule has 0 heterocycles. The van der Waals surface area contributed by atoms with Crippen LogP contribution < -0.4 is 10.7 Å². The first kappa shape index (κ1) is 18.1. The van der Waals surface area contributed by atoms with E-state index in [1.54, 1.807) is 8.95 Å². The molecule has 3 rings (SSSR count). The molecule has 0 atom stereocenters. The summed E-state index contributed by atoms with van der Waals surface area (Å²) >= 11 is -3.37. The van der Waals surface area contributed by atoms with Crippen LogP contribution in [-0.2, 0) is 9.53 Å². The maximum atomic E-state index is 11.9. The van der Waals surface area contributed by atoms with Gasteiger partial charge in [-0.25, -0.2) is 0 Å². The van der Waals surface area contributed by atoms with Crippen molar-refractivity contribution in [1.29, 1.82) is 0 Å². The molecule has 0 radical (unpaired) electrons. The van der Waals surface area contributed by atoms with Gasteiger partial charge >= 0.3 is 156 Å². The summed E-state index contributed by atoms with van der Waals surface area (Å²) in [4.78, 5) is 11.9. The van der Waals surface area contributed by atoms with Crippen molar-refractivity contribution in [2.24, 2.45) is 0 Å². The normalized spacial score (nSPS) is 11.1. The summed E-state index contributed by atoms with van der Waals surface area (Å²) in [7, 11) is 3.25. The van der Waals surface area contributed by atoms with Gasteiger partial charge in [-0.15, -0.1) is 0 Å². The second-order valence-corrected chi connectivity index (χ2v) is 21.6. The first-order valence-electron chi connectivity index (χ1n) is 8.14. The number of esters is 1. The van der Waals surface area contributed by atoms with Crippen LogP contribution in [0.1, 0.15) is 0 Å². The molecule has 3 aromatic carbocycles. The molecule has 0 saturated heterocycles. The van der Waals surface area contributed by atoms with Crippen LogP contribution in [-0.4, -0.2) is 35.8 Å². The topological polar surface area (TPSA) is 26.3 Å². The van der Waals surface area contributed by atoms with Gasteiger partial charge in [-0.3, -0.25) is 0 Å². The Morgan fingerprint density at radius 2 is 1.12 bits per heavy atom. The number of carbonyl (C=O) groups excluding carboxylic acids is 1. The van der Waals surface area contributed by atoms with Gasteiger partial charge in [0.05, 0.1) is 0 Å². The Morgan fingerprint density at radius 3 is 1.44 bits per heavy atom. The van der Waals surface area contributed by atoms with Gasteiger partial charge < -0.3 is 0 Å². The Labute approximate surface area is 155 Å². The molecule has 0 spiro atoms. The van der Waals surface area contributed by atoms with Crippen molar-refractivity contribution in [3.8, 4) is 0 Å². The third-order valence-electron chi connectivity index (χ3n) is 4.18. The fraction of sp³-hybridized carbons (Fsp3) is 0.0952. The van der Waals surface area contributed by atoms with Crippen molar-refractivity contribution in [1.82, 2.24) is 0 Å². The molecule has 126 valence electrons. The molecule has 0 fully saturated rings. The van der Waals surface area contributed by atoms with Gasteiger partial charge in [-0.05, 0) is 0 Å². The molecule has 0 amide bonds. The summed E-state index contributed by atoms with van der Waals surface area (Å²) in [6, 6.07) is 31.9. The summed E-state index contributed by atoms with van der Waals surface area (Å²) in [6.07, 6.45) is 0. The summed E-state index contributed by atoms with van der Waals surface area (Å²) < 4.78 is 8.98. The van der Waals surface area contributed by atoms with E-state index in [0.717, 1.165) is 0 Å². The Morgan fingerprint density at radius 1 is 0.760 bits per heavy atom. The van der Waals surface area contributed by atoms with Crippen molar-refractivity contribution in [2.75, 3.05) is 12.9 Å². The van der Waals surface area contributed by atoms with Crippen LogP contribution >= 0.6 is 8.95 Å². The summed E-state index contributed by atoms with van der Waals surface area (Å²) in [5, 5.41) is 0. The molecule has 0 aliphatic carbocycles. The van der Waals surface area contributed by atoms with Crippen LogP contribution in [0.15, 0.2) is 91.0 Å². The van der Waals surface area contributed by atoms with E-state index >= 15 is 0 Å². The monoisotopic (exact) mass is 456 g/mol. The van der Waals surface area contributed by atoms with Gasteiger partial charge in [0.25, 0.3) is 0 Å². The van der Waals surface area contributed by atoms with E-state index in [9.17, 15) is 4.79 Å². The van der Waals surface area contributed by atoms with Crippen molar-refractivity contribution < 1.29 is 9.53 Å². The predicted octanol–water partition coefficient (Wildman–Crippen LogP) is 2.56. The average molecular weight is 455 g/mol. The van der Waals surface area contributed by atoms with E-state index in [-0.39, 0.29) is 5.97 Å². The van der Waals surface area contributed by atoms with E-state index in [0.29, 0.717) is 5.75 Å². The first-order chi connectivity index (χ1) is 12.3. The molecule has 25 heavy (non-hydrogen) atoms. The van der Waals surface area contributed by atoms with E-state index in [4.69, 9.17) is 4.74 Å². The predicted molar refractivity (Wildman–Crippen MR) is 108 cm³/mol. The average Bonchev–Trinajstić information content (AvgIpc) is 2.71. The molecule has 0 saturated carbocycles. The molecule has 0 N–H and O–H groups in total. The van der Waals surface area contributed by atoms with Crippen molar-refractivity contribution in [2.45, 2.75) is 0 Å². The van der Waals surface area contributed by atoms with E-state index in [1.165, 1.54) is 17.8 Å². The van der Waals surface area contributed by atoms with Gasteiger partial charge in [0, 0.05) is 0 Å². The van der Waals surface area contributed by atoms with Crippen LogP contribution in [0, 0.1) is 0 Å². The number of hydrogen-bond donors (Lipinski definition) is 0. The zero-order valence-electron chi connectivity index (χ0n) is 14.1. The fourth-order valence-electron chi connectivity index (χ4n) is 2.99. The van der Waals surface area contributed by atoms with E-state index in [1.807, 2.05) is 18.2 Å². The second-order valence-electron chi connectivity index (χ2n) is 5.64. The van der Waals surface area contributed by atoms with Gasteiger partial charge in [-0.2, -0.15) is 0 Å². The third kappa shape index (κ3) is 3.93. The first-order valence-corrected chi connectivity index (χ1v) is 16.9. The third-order valence-corrected chi connectivity index (χ3v) is 24.5. The Hall–Kier alpha value is -1.72. The zero-order chi connectivity index (χ0) is 17.5. The fourth-order valence-corrected chi connectivity index (χ4v) is 22.4. The van der Waals surface area contributed by atoms with Crippen molar-refractivity contribution in [3.63, 3.8) is 0 Å². The minimum atomic E-state index is -3.37. The maximum absolute atomic E-state index is 11.9. The molecule has 0 aliphatic rings. The number of benzene rings is 3. The standard InChI is InChI=1S/3C6H5.C3H6O2S.Sn/c3*1-2-4-6-5-3-1;1-5-3(4)2-6;/h3*1-5H;6H,2H2,1H3;/q;;;;+1/p-1. The van der Waals surface area contributed by atoms with Crippen LogP contribution in [0.5, 0.6) is 0 Å². The molecule has 2 nitrogen and oxygen atoms in total. The number of rotatable bonds is 6. The van der Waals surface area contributed by atoms with Crippen LogP contribution in [0.2, 0.25) is 0 Å². The quantitative estimate of drug-likeness (QED) is 0.423. The molecule has 4 heteroatoms. The van der Waals surface area contributed by atoms with Crippen molar-refractivity contribution in [3.05, 3.63) is 91.0 Å². The Kier molecular flexibility index (Phi) is 6.21. The molecular weight excluding hydrogens is 435 g/mol. The summed E-state index contributed by atoms with van der Waals surface area (Å²) in [5.41, 5.74) is 0. The molecule has 0 aromatic heterocycles. The van der Waals surface area contributed by atoms with E-state index in [2.05, 4.69) is 72.8 Å². The number of ether oxygens (including phenoxy) is 1. The van der Waals surface area contributed by atoms with Crippen LogP contribution in [0.4, 0.5) is 0 Å². The van der Waals surface area contributed by atoms with E-state index < -0.39 is 17.0 Å². The molecule has 3 aromatic rings. The Bertz CT molecular complexity index is 710. The molecule has 0 bridgehead atoms. The van der Waals surface area contributed by atoms with Crippen LogP contribution in [0.25, 0.3) is 0 Å². The van der Waals surface area contributed by atoms with Gasteiger partial charge in [-0.1, -0.05) is 0 Å². The SMILES string of the molecule is COC(=O)C[S][Sn]([c]1ccccc1)([c]1ccccc1)[c]1ccccc1. The summed E-state index contributed by atoms with van der Waals surface area (Å²) in [5.74, 6) is 0.194. The van der Waals surface area contributed by atoms with Gasteiger partial charge in [0.1, 0.15) is 0 Å². The van der Waals surface area contributed by atoms with Gasteiger partial charge in [0.2, 0.25) is 0 Å². The van der Waals surface area contributed by atoms with Gasteiger partial charge in [0.15, 0.2) is 0 Å². The summed E-state index contributed by atoms with van der Waals surface area (Å²) in [6.45, 7) is 0. The number of hydrogen-bond acceptors (Lipinski definition) is 3. The second kappa shape index (κ2) is 8.58. The molecule has 0 aliphatic heterocycles. The molecule has 0 unspecified atom stereocenters. The Balaban J connectivity index is 2.22. The zero-order valence-corrected chi connectivity index (χ0v) is 17.8. The minimum absolute atomic E-state index is 0.172. The number of carbonyl (C=O) groups is 1.